The van der Waals surface area contributed by atoms with Crippen LogP contribution < -0.4 is 0 Å². The lowest BCUT2D eigenvalue weighted by molar-refractivity contribution is -0.908. The van der Waals surface area contributed by atoms with Crippen LogP contribution in [-0.2, 0) is 9.13 Å². The Hall–Kier alpha value is -0.400. The zero-order chi connectivity index (χ0) is 25.5. The van der Waals surface area contributed by atoms with Crippen LogP contribution in [0.25, 0.3) is 0 Å². The van der Waals surface area contributed by atoms with Gasteiger partial charge in [-0.25, -0.2) is 9.13 Å². The van der Waals surface area contributed by atoms with Crippen LogP contribution in [-0.4, -0.2) is 30.9 Å². The third-order valence-electron chi connectivity index (χ3n) is 7.58. The Morgan fingerprint density at radius 2 is 0.912 bits per heavy atom. The Bertz CT molecular complexity index is 542. The fraction of sp³-hybridized carbons (Fsp3) is 0.933. The van der Waals surface area contributed by atoms with Crippen molar-refractivity contribution in [2.24, 2.45) is 0 Å². The summed E-state index contributed by atoms with van der Waals surface area (Å²) < 4.78 is 24.8. The third-order valence-corrected chi connectivity index (χ3v) is 9.30. The van der Waals surface area contributed by atoms with E-state index in [0.717, 1.165) is 25.7 Å². The molecule has 1 unspecified atom stereocenters. The summed E-state index contributed by atoms with van der Waals surface area (Å²) in [4.78, 5) is 0. The Balaban J connectivity index is 3.55. The van der Waals surface area contributed by atoms with Crippen LogP contribution >= 0.6 is 7.68 Å². The molecule has 0 aliphatic carbocycles. The van der Waals surface area contributed by atoms with Gasteiger partial charge < -0.3 is 4.48 Å². The van der Waals surface area contributed by atoms with Crippen LogP contribution in [0.4, 0.5) is 0 Å². The molecule has 0 bridgehead atoms. The van der Waals surface area contributed by atoms with Crippen LogP contribution in [0.15, 0.2) is 12.2 Å². The molecule has 0 heterocycles. The first-order chi connectivity index (χ1) is 16.3. The maximum Gasteiger partial charge on any atom is 0.378 e. The zero-order valence-corrected chi connectivity index (χ0v) is 24.8. The number of hydrogen-bond acceptors (Lipinski definition) is 2. The predicted molar refractivity (Wildman–Crippen MR) is 151 cm³/mol. The number of quaternary nitrogens is 1. The SMILES string of the molecule is CCCCCCC=CCCCCCCCCCCCCCCCC(CCC)(P(=O)=O)[N+](C)(C)C. The van der Waals surface area contributed by atoms with E-state index in [1.54, 1.807) is 0 Å². The summed E-state index contributed by atoms with van der Waals surface area (Å²) in [5.41, 5.74) is 0. The van der Waals surface area contributed by atoms with E-state index in [4.69, 9.17) is 0 Å². The summed E-state index contributed by atoms with van der Waals surface area (Å²) in [6.07, 6.45) is 32.6. The summed E-state index contributed by atoms with van der Waals surface area (Å²) in [7, 11) is 3.69. The average Bonchev–Trinajstić information content (AvgIpc) is 2.78. The maximum atomic E-state index is 12.1. The lowest BCUT2D eigenvalue weighted by Gasteiger charge is -2.41. The van der Waals surface area contributed by atoms with E-state index in [-0.39, 0.29) is 0 Å². The Labute approximate surface area is 215 Å². The van der Waals surface area contributed by atoms with Gasteiger partial charge in [0.05, 0.1) is 21.1 Å². The standard InChI is InChI=1S/C30H61NO2P/c1-6-8-9-10-11-12-13-14-15-16-17-18-19-20-21-22-23-24-25-26-27-29-30(28-7-2,34(32)33)31(3,4)5/h12-13H,6-11,14-29H2,1-5H3/q+1. The summed E-state index contributed by atoms with van der Waals surface area (Å²) in [5.74, 6) is 0. The number of rotatable bonds is 25. The van der Waals surface area contributed by atoms with Gasteiger partial charge in [0.25, 0.3) is 0 Å². The molecule has 4 heteroatoms. The molecular formula is C30H61NO2P+. The second kappa shape index (κ2) is 21.8. The van der Waals surface area contributed by atoms with E-state index in [1.165, 1.54) is 116 Å². The van der Waals surface area contributed by atoms with Gasteiger partial charge in [-0.15, -0.1) is 0 Å². The molecule has 1 atom stereocenters. The average molecular weight is 499 g/mol. The Morgan fingerprint density at radius 1 is 0.529 bits per heavy atom. The number of unbranched alkanes of at least 4 members (excludes halogenated alkanes) is 17. The zero-order valence-electron chi connectivity index (χ0n) is 23.9. The first kappa shape index (κ1) is 33.6. The highest BCUT2D eigenvalue weighted by Crippen LogP contribution is 2.44. The van der Waals surface area contributed by atoms with Crippen LogP contribution in [0.1, 0.15) is 155 Å². The molecule has 0 aromatic rings. The van der Waals surface area contributed by atoms with Crippen LogP contribution in [0.3, 0.4) is 0 Å². The van der Waals surface area contributed by atoms with Gasteiger partial charge in [-0.3, -0.25) is 0 Å². The molecule has 0 saturated heterocycles. The minimum Gasteiger partial charge on any atom is -0.314 e. The van der Waals surface area contributed by atoms with E-state index in [0.29, 0.717) is 4.48 Å². The van der Waals surface area contributed by atoms with E-state index in [2.05, 4.69) is 26.0 Å². The van der Waals surface area contributed by atoms with E-state index in [9.17, 15) is 9.13 Å². The quantitative estimate of drug-likeness (QED) is 0.0543. The van der Waals surface area contributed by atoms with Crippen LogP contribution in [0, 0.1) is 0 Å². The smallest absolute Gasteiger partial charge is 0.314 e. The molecule has 0 N–H and O–H groups in total. The van der Waals surface area contributed by atoms with Crippen molar-refractivity contribution in [1.29, 1.82) is 0 Å². The van der Waals surface area contributed by atoms with Crippen molar-refractivity contribution in [1.82, 2.24) is 0 Å². The molecule has 0 radical (unpaired) electrons. The summed E-state index contributed by atoms with van der Waals surface area (Å²) >= 11 is 0. The van der Waals surface area contributed by atoms with Crippen LogP contribution in [0.5, 0.6) is 0 Å². The van der Waals surface area contributed by atoms with E-state index < -0.39 is 13.0 Å². The van der Waals surface area contributed by atoms with E-state index >= 15 is 0 Å². The molecule has 0 aromatic carbocycles. The number of nitrogens with zero attached hydrogens (tertiary/aromatic N) is 1. The summed E-state index contributed by atoms with van der Waals surface area (Å²) in [6.45, 7) is 4.37. The van der Waals surface area contributed by atoms with Crippen molar-refractivity contribution >= 4 is 7.68 Å². The molecule has 0 aliphatic rings. The monoisotopic (exact) mass is 498 g/mol. The minimum absolute atomic E-state index is 0.524. The van der Waals surface area contributed by atoms with Gasteiger partial charge in [0.2, 0.25) is 5.28 Å². The van der Waals surface area contributed by atoms with Gasteiger partial charge >= 0.3 is 7.68 Å². The molecule has 0 saturated carbocycles. The predicted octanol–water partition coefficient (Wildman–Crippen LogP) is 10.7. The van der Waals surface area contributed by atoms with Crippen molar-refractivity contribution in [3.05, 3.63) is 12.2 Å². The van der Waals surface area contributed by atoms with Gasteiger partial charge in [0, 0.05) is 12.8 Å². The second-order valence-corrected chi connectivity index (χ2v) is 12.8. The molecule has 202 valence electrons. The molecule has 0 fully saturated rings. The topological polar surface area (TPSA) is 34.1 Å². The third kappa shape index (κ3) is 16.3. The fourth-order valence-corrected chi connectivity index (χ4v) is 6.40. The molecule has 0 spiro atoms. The van der Waals surface area contributed by atoms with E-state index in [1.807, 2.05) is 21.1 Å². The maximum absolute atomic E-state index is 12.1. The van der Waals surface area contributed by atoms with Crippen molar-refractivity contribution in [3.8, 4) is 0 Å². The van der Waals surface area contributed by atoms with Crippen molar-refractivity contribution in [2.45, 2.75) is 160 Å². The van der Waals surface area contributed by atoms with Gasteiger partial charge in [0.1, 0.15) is 0 Å². The number of hydrogen-bond donors (Lipinski definition) is 0. The lowest BCUT2D eigenvalue weighted by atomic mass is 9.99. The fourth-order valence-electron chi connectivity index (χ4n) is 5.16. The highest BCUT2D eigenvalue weighted by atomic mass is 31.1. The largest absolute Gasteiger partial charge is 0.378 e. The minimum atomic E-state index is -2.42. The summed E-state index contributed by atoms with van der Waals surface area (Å²) in [6, 6.07) is 0. The Morgan fingerprint density at radius 3 is 1.26 bits per heavy atom. The second-order valence-electron chi connectivity index (χ2n) is 11.5. The van der Waals surface area contributed by atoms with Crippen molar-refractivity contribution < 1.29 is 13.6 Å². The first-order valence-electron chi connectivity index (χ1n) is 14.9. The lowest BCUT2D eigenvalue weighted by Crippen LogP contribution is -2.53. The number of allylic oxidation sites excluding steroid dienone is 2. The molecule has 0 aromatic heterocycles. The molecule has 0 rings (SSSR count). The Kier molecular flexibility index (Phi) is 21.6. The molecule has 3 nitrogen and oxygen atoms in total. The molecular weight excluding hydrogens is 437 g/mol. The van der Waals surface area contributed by atoms with Gasteiger partial charge in [-0.2, -0.15) is 0 Å². The van der Waals surface area contributed by atoms with Gasteiger partial charge in [0.15, 0.2) is 0 Å². The van der Waals surface area contributed by atoms with Gasteiger partial charge in [-0.1, -0.05) is 116 Å². The highest BCUT2D eigenvalue weighted by molar-refractivity contribution is 7.32. The van der Waals surface area contributed by atoms with Crippen molar-refractivity contribution in [3.63, 3.8) is 0 Å². The van der Waals surface area contributed by atoms with Crippen molar-refractivity contribution in [2.75, 3.05) is 21.1 Å². The molecule has 0 aliphatic heterocycles. The normalized spacial score (nSPS) is 14.0. The van der Waals surface area contributed by atoms with Gasteiger partial charge in [-0.05, 0) is 38.5 Å². The molecule has 34 heavy (non-hydrogen) atoms. The van der Waals surface area contributed by atoms with Crippen LogP contribution in [0.2, 0.25) is 0 Å². The first-order valence-corrected chi connectivity index (χ1v) is 16.1. The summed E-state index contributed by atoms with van der Waals surface area (Å²) in [5, 5.41) is -0.589. The molecule has 0 amide bonds. The highest BCUT2D eigenvalue weighted by Gasteiger charge is 2.47.